The van der Waals surface area contributed by atoms with E-state index in [2.05, 4.69) is 10.4 Å². The Balaban J connectivity index is 1.51. The Hall–Kier alpha value is -3.29. The minimum Gasteiger partial charge on any atom is -0.484 e. The van der Waals surface area contributed by atoms with Crippen molar-refractivity contribution < 1.29 is 22.7 Å². The van der Waals surface area contributed by atoms with Crippen LogP contribution in [0.5, 0.6) is 5.75 Å². The van der Waals surface area contributed by atoms with Gasteiger partial charge in [0, 0.05) is 6.20 Å². The molecule has 0 aliphatic heterocycles. The monoisotopic (exact) mass is 375 g/mol. The number of alkyl halides is 3. The maximum Gasteiger partial charge on any atom is 0.408 e. The van der Waals surface area contributed by atoms with Crippen molar-refractivity contribution in [3.63, 3.8) is 0 Å². The second-order valence-electron chi connectivity index (χ2n) is 5.77. The van der Waals surface area contributed by atoms with E-state index in [1.807, 2.05) is 42.5 Å². The Kier molecular flexibility index (Phi) is 5.44. The summed E-state index contributed by atoms with van der Waals surface area (Å²) in [4.78, 5) is 11.9. The highest BCUT2D eigenvalue weighted by molar-refractivity contribution is 5.91. The third-order valence-electron chi connectivity index (χ3n) is 3.59. The molecule has 0 fully saturated rings. The third-order valence-corrected chi connectivity index (χ3v) is 3.59. The molecular formula is C19H16F3N3O2. The number of carbonyl (C=O) groups excluding carboxylic acids is 1. The van der Waals surface area contributed by atoms with Crippen molar-refractivity contribution in [3.05, 3.63) is 67.0 Å². The Morgan fingerprint density at radius 2 is 1.70 bits per heavy atom. The fourth-order valence-electron chi connectivity index (χ4n) is 2.42. The number of halogens is 3. The lowest BCUT2D eigenvalue weighted by molar-refractivity contribution is -0.142. The molecule has 140 valence electrons. The van der Waals surface area contributed by atoms with Gasteiger partial charge in [-0.1, -0.05) is 42.5 Å². The van der Waals surface area contributed by atoms with Gasteiger partial charge in [-0.2, -0.15) is 18.3 Å². The van der Waals surface area contributed by atoms with E-state index >= 15 is 0 Å². The summed E-state index contributed by atoms with van der Waals surface area (Å²) < 4.78 is 43.0. The largest absolute Gasteiger partial charge is 0.484 e. The van der Waals surface area contributed by atoms with Gasteiger partial charge in [-0.3, -0.25) is 9.48 Å². The van der Waals surface area contributed by atoms with E-state index in [0.717, 1.165) is 23.5 Å². The van der Waals surface area contributed by atoms with Gasteiger partial charge in [0.15, 0.2) is 6.61 Å². The molecule has 0 radical (unpaired) electrons. The van der Waals surface area contributed by atoms with Gasteiger partial charge in [-0.05, 0) is 23.3 Å². The average Bonchev–Trinajstić information content (AvgIpc) is 3.06. The Morgan fingerprint density at radius 1 is 1.04 bits per heavy atom. The molecule has 0 atom stereocenters. The van der Waals surface area contributed by atoms with Crippen molar-refractivity contribution in [2.45, 2.75) is 12.7 Å². The lowest BCUT2D eigenvalue weighted by Gasteiger charge is -2.08. The van der Waals surface area contributed by atoms with E-state index in [1.165, 1.54) is 0 Å². The number of hydrogen-bond donors (Lipinski definition) is 1. The molecule has 5 nitrogen and oxygen atoms in total. The van der Waals surface area contributed by atoms with E-state index in [4.69, 9.17) is 4.74 Å². The number of ether oxygens (including phenoxy) is 1. The van der Waals surface area contributed by atoms with Crippen LogP contribution in [0.2, 0.25) is 0 Å². The zero-order valence-corrected chi connectivity index (χ0v) is 14.1. The molecule has 0 saturated heterocycles. The molecule has 3 aromatic rings. The second kappa shape index (κ2) is 7.94. The summed E-state index contributed by atoms with van der Waals surface area (Å²) in [6.07, 6.45) is -2.11. The molecule has 1 heterocycles. The molecule has 0 spiro atoms. The molecule has 0 aliphatic carbocycles. The van der Waals surface area contributed by atoms with Crippen LogP contribution < -0.4 is 10.1 Å². The Morgan fingerprint density at radius 3 is 2.37 bits per heavy atom. The highest BCUT2D eigenvalue weighted by atomic mass is 19.4. The molecule has 3 rings (SSSR count). The van der Waals surface area contributed by atoms with E-state index in [-0.39, 0.29) is 12.3 Å². The Bertz CT molecular complexity index is 891. The van der Waals surface area contributed by atoms with E-state index in [1.54, 1.807) is 12.1 Å². The highest BCUT2D eigenvalue weighted by Crippen LogP contribution is 2.22. The molecular weight excluding hydrogens is 359 g/mol. The minimum atomic E-state index is -4.37. The topological polar surface area (TPSA) is 56.1 Å². The van der Waals surface area contributed by atoms with Gasteiger partial charge >= 0.3 is 6.18 Å². The summed E-state index contributed by atoms with van der Waals surface area (Å²) in [5.74, 6) is 0.0197. The summed E-state index contributed by atoms with van der Waals surface area (Å²) in [5, 5.41) is 5.99. The van der Waals surface area contributed by atoms with Gasteiger partial charge in [-0.25, -0.2) is 0 Å². The highest BCUT2D eigenvalue weighted by Gasteiger charge is 2.28. The van der Waals surface area contributed by atoms with Crippen LogP contribution in [0.25, 0.3) is 11.1 Å². The molecule has 1 aromatic heterocycles. The van der Waals surface area contributed by atoms with E-state index < -0.39 is 18.6 Å². The number of hydrogen-bond acceptors (Lipinski definition) is 3. The lowest BCUT2D eigenvalue weighted by Crippen LogP contribution is -2.20. The molecule has 0 aliphatic rings. The molecule has 1 N–H and O–H groups in total. The first-order valence-electron chi connectivity index (χ1n) is 8.06. The average molecular weight is 375 g/mol. The van der Waals surface area contributed by atoms with E-state index in [0.29, 0.717) is 10.4 Å². The van der Waals surface area contributed by atoms with Crippen molar-refractivity contribution in [2.75, 3.05) is 11.9 Å². The lowest BCUT2D eigenvalue weighted by atomic mass is 10.1. The molecule has 8 heteroatoms. The van der Waals surface area contributed by atoms with Crippen LogP contribution in [-0.4, -0.2) is 28.5 Å². The number of nitrogens with one attached hydrogen (secondary N) is 1. The van der Waals surface area contributed by atoms with Crippen molar-refractivity contribution >= 4 is 11.6 Å². The van der Waals surface area contributed by atoms with Crippen LogP contribution >= 0.6 is 0 Å². The van der Waals surface area contributed by atoms with Crippen LogP contribution in [0.15, 0.2) is 67.0 Å². The molecule has 0 unspecified atom stereocenters. The summed E-state index contributed by atoms with van der Waals surface area (Å²) in [7, 11) is 0. The predicted molar refractivity (Wildman–Crippen MR) is 94.3 cm³/mol. The Labute approximate surface area is 153 Å². The quantitative estimate of drug-likeness (QED) is 0.705. The normalized spacial score (nSPS) is 11.2. The number of amides is 1. The predicted octanol–water partition coefficient (Wildman–Crippen LogP) is 4.13. The fourth-order valence-corrected chi connectivity index (χ4v) is 2.42. The van der Waals surface area contributed by atoms with Gasteiger partial charge in [0.2, 0.25) is 0 Å². The first-order chi connectivity index (χ1) is 12.9. The summed E-state index contributed by atoms with van der Waals surface area (Å²) in [6.45, 7) is -1.48. The summed E-state index contributed by atoms with van der Waals surface area (Å²) in [6, 6.07) is 17.1. The number of carbonyl (C=O) groups is 1. The van der Waals surface area contributed by atoms with Gasteiger partial charge in [0.1, 0.15) is 12.3 Å². The zero-order valence-electron chi connectivity index (χ0n) is 14.1. The first-order valence-corrected chi connectivity index (χ1v) is 8.06. The van der Waals surface area contributed by atoms with Crippen LogP contribution in [0.3, 0.4) is 0 Å². The van der Waals surface area contributed by atoms with Gasteiger partial charge in [0.25, 0.3) is 5.91 Å². The van der Waals surface area contributed by atoms with E-state index in [9.17, 15) is 18.0 Å². The first kappa shape index (κ1) is 18.5. The number of anilines is 1. The van der Waals surface area contributed by atoms with Gasteiger partial charge < -0.3 is 10.1 Å². The number of benzene rings is 2. The van der Waals surface area contributed by atoms with Crippen LogP contribution in [0.4, 0.5) is 18.9 Å². The fraction of sp³-hybridized carbons (Fsp3) is 0.158. The number of aromatic nitrogens is 2. The smallest absolute Gasteiger partial charge is 0.408 e. The van der Waals surface area contributed by atoms with Crippen molar-refractivity contribution in [1.82, 2.24) is 9.78 Å². The summed E-state index contributed by atoms with van der Waals surface area (Å²) >= 11 is 0. The van der Waals surface area contributed by atoms with Crippen molar-refractivity contribution in [2.24, 2.45) is 0 Å². The summed E-state index contributed by atoms with van der Waals surface area (Å²) in [5.41, 5.74) is 2.26. The molecule has 27 heavy (non-hydrogen) atoms. The molecule has 1 amide bonds. The standard InChI is InChI=1S/C19H16F3N3O2/c20-19(21,22)13-25-11-16(10-23-25)24-18(26)12-27-17-8-6-15(7-9-17)14-4-2-1-3-5-14/h1-11H,12-13H2,(H,24,26). The minimum absolute atomic E-state index is 0.173. The maximum atomic E-state index is 12.3. The molecule has 0 saturated carbocycles. The molecule has 0 bridgehead atoms. The third kappa shape index (κ3) is 5.60. The van der Waals surface area contributed by atoms with Crippen molar-refractivity contribution in [3.8, 4) is 16.9 Å². The van der Waals surface area contributed by atoms with Crippen molar-refractivity contribution in [1.29, 1.82) is 0 Å². The second-order valence-corrected chi connectivity index (χ2v) is 5.77. The SMILES string of the molecule is O=C(COc1ccc(-c2ccccc2)cc1)Nc1cnn(CC(F)(F)F)c1. The number of rotatable bonds is 6. The van der Waals surface area contributed by atoms with Crippen LogP contribution in [0, 0.1) is 0 Å². The maximum absolute atomic E-state index is 12.3. The van der Waals surface area contributed by atoms with Crippen LogP contribution in [0.1, 0.15) is 0 Å². The zero-order chi connectivity index (χ0) is 19.3. The van der Waals surface area contributed by atoms with Crippen LogP contribution in [-0.2, 0) is 11.3 Å². The number of nitrogens with zero attached hydrogens (tertiary/aromatic N) is 2. The van der Waals surface area contributed by atoms with Gasteiger partial charge in [0.05, 0.1) is 11.9 Å². The molecule has 2 aromatic carbocycles. The van der Waals surface area contributed by atoms with Gasteiger partial charge in [-0.15, -0.1) is 0 Å².